The van der Waals surface area contributed by atoms with Gasteiger partial charge in [0, 0.05) is 18.3 Å². The SMILES string of the molecule is CC1=Nc2cc(CC[C@H]3O[C@@H](n4ccc5c(N)ncnc54)[C@H](O)[C@@H]3O)ccc2C2=NCCN12. The number of rotatable bonds is 4. The number of amidine groups is 2. The summed E-state index contributed by atoms with van der Waals surface area (Å²) in [5, 5.41) is 22.0. The Morgan fingerprint density at radius 3 is 2.94 bits per heavy atom. The van der Waals surface area contributed by atoms with E-state index in [1.165, 1.54) is 6.33 Å². The number of ether oxygens (including phenoxy) is 1. The van der Waals surface area contributed by atoms with Crippen LogP contribution in [0.1, 0.15) is 30.7 Å². The monoisotopic (exact) mass is 447 g/mol. The molecule has 0 radical (unpaired) electrons. The molecule has 0 bridgehead atoms. The van der Waals surface area contributed by atoms with Crippen molar-refractivity contribution in [3.8, 4) is 0 Å². The quantitative estimate of drug-likeness (QED) is 0.550. The van der Waals surface area contributed by atoms with E-state index in [4.69, 9.17) is 15.5 Å². The first kappa shape index (κ1) is 20.3. The van der Waals surface area contributed by atoms with Crippen LogP contribution >= 0.6 is 0 Å². The largest absolute Gasteiger partial charge is 0.388 e. The van der Waals surface area contributed by atoms with E-state index in [-0.39, 0.29) is 0 Å². The Balaban J connectivity index is 1.20. The molecule has 0 spiro atoms. The summed E-state index contributed by atoms with van der Waals surface area (Å²) < 4.78 is 7.80. The van der Waals surface area contributed by atoms with Crippen molar-refractivity contribution in [3.63, 3.8) is 0 Å². The molecule has 6 rings (SSSR count). The van der Waals surface area contributed by atoms with Crippen LogP contribution in [0.15, 0.2) is 46.8 Å². The van der Waals surface area contributed by atoms with E-state index in [2.05, 4.69) is 38.1 Å². The lowest BCUT2D eigenvalue weighted by Crippen LogP contribution is -2.35. The number of nitrogens with two attached hydrogens (primary N) is 1. The molecule has 0 aliphatic carbocycles. The molecule has 1 aromatic carbocycles. The average molecular weight is 447 g/mol. The lowest BCUT2D eigenvalue weighted by molar-refractivity contribution is -0.0364. The summed E-state index contributed by atoms with van der Waals surface area (Å²) in [4.78, 5) is 19.8. The summed E-state index contributed by atoms with van der Waals surface area (Å²) in [5.41, 5.74) is 9.55. The summed E-state index contributed by atoms with van der Waals surface area (Å²) >= 11 is 0. The lowest BCUT2D eigenvalue weighted by atomic mass is 9.99. The first-order valence-corrected chi connectivity index (χ1v) is 11.1. The maximum Gasteiger partial charge on any atom is 0.164 e. The molecule has 1 saturated heterocycles. The number of aliphatic hydroxyl groups is 2. The van der Waals surface area contributed by atoms with Gasteiger partial charge < -0.3 is 30.2 Å². The zero-order valence-corrected chi connectivity index (χ0v) is 18.2. The van der Waals surface area contributed by atoms with Gasteiger partial charge in [0.1, 0.15) is 41.7 Å². The second-order valence-corrected chi connectivity index (χ2v) is 8.67. The van der Waals surface area contributed by atoms with Crippen LogP contribution in [0.5, 0.6) is 0 Å². The highest BCUT2D eigenvalue weighted by Gasteiger charge is 2.43. The molecule has 4 atom stereocenters. The molecule has 10 nitrogen and oxygen atoms in total. The van der Waals surface area contributed by atoms with Gasteiger partial charge in [-0.15, -0.1) is 0 Å². The fourth-order valence-electron chi connectivity index (χ4n) is 4.94. The fourth-order valence-corrected chi connectivity index (χ4v) is 4.94. The van der Waals surface area contributed by atoms with Gasteiger partial charge in [-0.2, -0.15) is 0 Å². The minimum absolute atomic E-state index is 0.361. The Morgan fingerprint density at radius 1 is 1.18 bits per heavy atom. The van der Waals surface area contributed by atoms with Crippen molar-refractivity contribution < 1.29 is 14.9 Å². The molecule has 10 heteroatoms. The first-order chi connectivity index (χ1) is 16.0. The maximum absolute atomic E-state index is 10.7. The van der Waals surface area contributed by atoms with Crippen molar-refractivity contribution in [2.45, 2.75) is 44.3 Å². The van der Waals surface area contributed by atoms with E-state index in [1.807, 2.05) is 6.92 Å². The Labute approximate surface area is 190 Å². The van der Waals surface area contributed by atoms with Crippen LogP contribution in [0.4, 0.5) is 11.5 Å². The maximum atomic E-state index is 10.7. The molecule has 3 aromatic rings. The predicted octanol–water partition coefficient (Wildman–Crippen LogP) is 1.39. The number of hydrogen-bond donors (Lipinski definition) is 3. The standard InChI is InChI=1S/C23H25N7O3/c1-12-28-16-10-13(2-4-14(16)21-25-7-9-29(12)21)3-5-17-18(31)19(32)23(33-17)30-8-6-15-20(24)26-11-27-22(15)30/h2,4,6,8,10-11,17-19,23,31-32H,3,5,7,9H2,1H3,(H2,24,26,27)/t17-,18-,19-,23-/m1/s1. The zero-order valence-electron chi connectivity index (χ0n) is 18.2. The van der Waals surface area contributed by atoms with Crippen LogP contribution in [0.25, 0.3) is 11.0 Å². The van der Waals surface area contributed by atoms with Gasteiger partial charge in [-0.1, -0.05) is 6.07 Å². The van der Waals surface area contributed by atoms with E-state index < -0.39 is 24.5 Å². The van der Waals surface area contributed by atoms with Crippen molar-refractivity contribution in [2.24, 2.45) is 9.98 Å². The van der Waals surface area contributed by atoms with E-state index in [0.29, 0.717) is 29.7 Å². The molecule has 0 saturated carbocycles. The molecule has 1 fully saturated rings. The number of hydrogen-bond acceptors (Lipinski definition) is 9. The molecule has 0 amide bonds. The van der Waals surface area contributed by atoms with Crippen molar-refractivity contribution in [3.05, 3.63) is 47.9 Å². The number of nitrogen functional groups attached to an aromatic ring is 1. The van der Waals surface area contributed by atoms with Crippen LogP contribution in [0.2, 0.25) is 0 Å². The molecule has 5 heterocycles. The number of aryl methyl sites for hydroxylation is 1. The first-order valence-electron chi connectivity index (χ1n) is 11.1. The van der Waals surface area contributed by atoms with E-state index in [9.17, 15) is 10.2 Å². The normalized spacial score (nSPS) is 26.3. The number of aliphatic imine (C=N–C) groups is 2. The minimum Gasteiger partial charge on any atom is -0.388 e. The Hall–Kier alpha value is -3.34. The second-order valence-electron chi connectivity index (χ2n) is 8.67. The van der Waals surface area contributed by atoms with Gasteiger partial charge in [0.25, 0.3) is 0 Å². The van der Waals surface area contributed by atoms with Crippen LogP contribution in [-0.2, 0) is 11.2 Å². The number of anilines is 1. The number of benzene rings is 1. The smallest absolute Gasteiger partial charge is 0.164 e. The van der Waals surface area contributed by atoms with Crippen LogP contribution < -0.4 is 5.73 Å². The highest BCUT2D eigenvalue weighted by Crippen LogP contribution is 2.35. The zero-order chi connectivity index (χ0) is 22.7. The molecule has 0 unspecified atom stereocenters. The van der Waals surface area contributed by atoms with E-state index in [1.54, 1.807) is 16.8 Å². The third-order valence-electron chi connectivity index (χ3n) is 6.69. The molecule has 33 heavy (non-hydrogen) atoms. The highest BCUT2D eigenvalue weighted by atomic mass is 16.6. The molecule has 3 aliphatic rings. The van der Waals surface area contributed by atoms with Gasteiger partial charge in [0.15, 0.2) is 6.23 Å². The fraction of sp³-hybridized carbons (Fsp3) is 0.391. The second kappa shape index (κ2) is 7.62. The van der Waals surface area contributed by atoms with E-state index in [0.717, 1.165) is 41.6 Å². The van der Waals surface area contributed by atoms with Crippen molar-refractivity contribution >= 4 is 34.2 Å². The summed E-state index contributed by atoms with van der Waals surface area (Å²) in [6, 6.07) is 8.00. The molecule has 170 valence electrons. The molecular weight excluding hydrogens is 422 g/mol. The predicted molar refractivity (Wildman–Crippen MR) is 124 cm³/mol. The molecule has 2 aromatic heterocycles. The van der Waals surface area contributed by atoms with E-state index >= 15 is 0 Å². The van der Waals surface area contributed by atoms with Gasteiger partial charge in [-0.25, -0.2) is 15.0 Å². The van der Waals surface area contributed by atoms with Crippen LogP contribution in [0.3, 0.4) is 0 Å². The van der Waals surface area contributed by atoms with Gasteiger partial charge in [0.2, 0.25) is 0 Å². The molecule has 3 aliphatic heterocycles. The molecular formula is C23H25N7O3. The summed E-state index contributed by atoms with van der Waals surface area (Å²) in [6.07, 6.45) is 1.00. The van der Waals surface area contributed by atoms with Gasteiger partial charge in [-0.3, -0.25) is 4.99 Å². The van der Waals surface area contributed by atoms with Crippen molar-refractivity contribution in [2.75, 3.05) is 18.8 Å². The number of aliphatic hydroxyl groups excluding tert-OH is 2. The third kappa shape index (κ3) is 3.21. The Bertz CT molecular complexity index is 1300. The van der Waals surface area contributed by atoms with Crippen LogP contribution in [-0.4, -0.2) is 72.7 Å². The third-order valence-corrected chi connectivity index (χ3v) is 6.69. The van der Waals surface area contributed by atoms with Gasteiger partial charge in [-0.05, 0) is 43.5 Å². The topological polar surface area (TPSA) is 134 Å². The molecule has 4 N–H and O–H groups in total. The Kier molecular flexibility index (Phi) is 4.68. The number of aromatic nitrogens is 3. The number of nitrogens with zero attached hydrogens (tertiary/aromatic N) is 6. The van der Waals surface area contributed by atoms with Gasteiger partial charge >= 0.3 is 0 Å². The summed E-state index contributed by atoms with van der Waals surface area (Å²) in [7, 11) is 0. The van der Waals surface area contributed by atoms with Crippen molar-refractivity contribution in [1.82, 2.24) is 19.4 Å². The Morgan fingerprint density at radius 2 is 2.06 bits per heavy atom. The summed E-state index contributed by atoms with van der Waals surface area (Å²) in [5.74, 6) is 2.31. The average Bonchev–Trinajstić information content (AvgIpc) is 3.52. The number of fused-ring (bicyclic) bond motifs is 4. The van der Waals surface area contributed by atoms with Gasteiger partial charge in [0.05, 0.1) is 23.7 Å². The minimum atomic E-state index is -1.08. The summed E-state index contributed by atoms with van der Waals surface area (Å²) in [6.45, 7) is 3.67. The lowest BCUT2D eigenvalue weighted by Gasteiger charge is -2.25. The van der Waals surface area contributed by atoms with Crippen molar-refractivity contribution in [1.29, 1.82) is 0 Å². The van der Waals surface area contributed by atoms with Crippen LogP contribution in [0, 0.1) is 0 Å². The highest BCUT2D eigenvalue weighted by molar-refractivity contribution is 6.15.